The number of nitrogens with zero attached hydrogens (tertiary/aromatic N) is 1. The third-order valence-corrected chi connectivity index (χ3v) is 3.11. The molecule has 1 unspecified atom stereocenters. The van der Waals surface area contributed by atoms with Gasteiger partial charge in [-0.3, -0.25) is 0 Å². The van der Waals surface area contributed by atoms with Gasteiger partial charge in [0.15, 0.2) is 17.3 Å². The van der Waals surface area contributed by atoms with Crippen molar-refractivity contribution in [2.24, 2.45) is 5.73 Å². The van der Waals surface area contributed by atoms with Crippen LogP contribution in [0.2, 0.25) is 5.02 Å². The molecule has 0 radical (unpaired) electrons. The summed E-state index contributed by atoms with van der Waals surface area (Å²) in [5, 5.41) is 4.39. The van der Waals surface area contributed by atoms with E-state index in [1.807, 2.05) is 6.92 Å². The van der Waals surface area contributed by atoms with Crippen molar-refractivity contribution in [3.8, 4) is 22.8 Å². The van der Waals surface area contributed by atoms with Gasteiger partial charge in [0, 0.05) is 11.6 Å². The monoisotopic (exact) mass is 282 g/mol. The lowest BCUT2D eigenvalue weighted by Gasteiger charge is -2.11. The summed E-state index contributed by atoms with van der Waals surface area (Å²) in [5.41, 5.74) is 7.05. The Morgan fingerprint density at radius 1 is 1.32 bits per heavy atom. The number of hydrogen-bond donors (Lipinski definition) is 1. The molecular formula is C13H15ClN2O3. The minimum atomic E-state index is -0.222. The molecule has 0 saturated heterocycles. The van der Waals surface area contributed by atoms with Gasteiger partial charge >= 0.3 is 0 Å². The molecule has 19 heavy (non-hydrogen) atoms. The summed E-state index contributed by atoms with van der Waals surface area (Å²) >= 11 is 6.30. The van der Waals surface area contributed by atoms with Crippen molar-refractivity contribution in [1.82, 2.24) is 5.16 Å². The van der Waals surface area contributed by atoms with Gasteiger partial charge in [-0.1, -0.05) is 16.8 Å². The summed E-state index contributed by atoms with van der Waals surface area (Å²) < 4.78 is 15.6. The second-order valence-corrected chi connectivity index (χ2v) is 4.44. The summed E-state index contributed by atoms with van der Waals surface area (Å²) in [6, 6.07) is 5.10. The molecule has 0 spiro atoms. The van der Waals surface area contributed by atoms with Crippen LogP contribution in [0, 0.1) is 0 Å². The number of benzene rings is 1. The molecular weight excluding hydrogens is 268 g/mol. The SMILES string of the molecule is COc1ccc(-c2cc(C(C)N)on2)c(Cl)c1OC. The molecule has 0 aliphatic carbocycles. The van der Waals surface area contributed by atoms with E-state index in [4.69, 9.17) is 31.3 Å². The molecule has 2 N–H and O–H groups in total. The molecule has 2 rings (SSSR count). The summed E-state index contributed by atoms with van der Waals surface area (Å²) in [6.07, 6.45) is 0. The Labute approximate surface area is 116 Å². The minimum Gasteiger partial charge on any atom is -0.493 e. The summed E-state index contributed by atoms with van der Waals surface area (Å²) in [5.74, 6) is 1.63. The first-order chi connectivity index (χ1) is 9.08. The maximum atomic E-state index is 6.30. The van der Waals surface area contributed by atoms with Gasteiger partial charge in [-0.25, -0.2) is 0 Å². The lowest BCUT2D eigenvalue weighted by molar-refractivity contribution is 0.355. The van der Waals surface area contributed by atoms with Crippen molar-refractivity contribution in [1.29, 1.82) is 0 Å². The second-order valence-electron chi connectivity index (χ2n) is 4.07. The smallest absolute Gasteiger partial charge is 0.180 e. The Morgan fingerprint density at radius 2 is 2.05 bits per heavy atom. The van der Waals surface area contributed by atoms with Crippen LogP contribution in [0.3, 0.4) is 0 Å². The Kier molecular flexibility index (Phi) is 3.97. The fraction of sp³-hybridized carbons (Fsp3) is 0.308. The van der Waals surface area contributed by atoms with Gasteiger partial charge in [-0.2, -0.15) is 0 Å². The molecule has 1 aromatic carbocycles. The average Bonchev–Trinajstić information content (AvgIpc) is 2.87. The number of ether oxygens (including phenoxy) is 2. The summed E-state index contributed by atoms with van der Waals surface area (Å²) in [6.45, 7) is 1.82. The lowest BCUT2D eigenvalue weighted by atomic mass is 10.1. The zero-order valence-corrected chi connectivity index (χ0v) is 11.7. The molecule has 1 atom stereocenters. The number of nitrogens with two attached hydrogens (primary N) is 1. The second kappa shape index (κ2) is 5.50. The normalized spacial score (nSPS) is 12.3. The summed E-state index contributed by atoms with van der Waals surface area (Å²) in [4.78, 5) is 0. The molecule has 0 bridgehead atoms. The highest BCUT2D eigenvalue weighted by molar-refractivity contribution is 6.35. The van der Waals surface area contributed by atoms with Crippen molar-refractivity contribution in [2.75, 3.05) is 14.2 Å². The molecule has 0 saturated carbocycles. The number of rotatable bonds is 4. The van der Waals surface area contributed by atoms with E-state index in [2.05, 4.69) is 5.16 Å². The van der Waals surface area contributed by atoms with Crippen LogP contribution in [0.1, 0.15) is 18.7 Å². The van der Waals surface area contributed by atoms with Gasteiger partial charge < -0.3 is 19.7 Å². The van der Waals surface area contributed by atoms with Crippen molar-refractivity contribution in [3.05, 3.63) is 29.0 Å². The minimum absolute atomic E-state index is 0.222. The molecule has 102 valence electrons. The van der Waals surface area contributed by atoms with Crippen molar-refractivity contribution in [2.45, 2.75) is 13.0 Å². The predicted octanol–water partition coefficient (Wildman–Crippen LogP) is 3.03. The lowest BCUT2D eigenvalue weighted by Crippen LogP contribution is -2.02. The first kappa shape index (κ1) is 13.7. The zero-order valence-electron chi connectivity index (χ0n) is 10.9. The Bertz CT molecular complexity index is 581. The van der Waals surface area contributed by atoms with E-state index in [9.17, 15) is 0 Å². The molecule has 2 aromatic rings. The number of methoxy groups -OCH3 is 2. The summed E-state index contributed by atoms with van der Waals surface area (Å²) in [7, 11) is 3.09. The molecule has 1 heterocycles. The van der Waals surface area contributed by atoms with Crippen LogP contribution in [0.5, 0.6) is 11.5 Å². The number of halogens is 1. The average molecular weight is 283 g/mol. The van der Waals surface area contributed by atoms with Crippen LogP contribution in [0.15, 0.2) is 22.7 Å². The van der Waals surface area contributed by atoms with Crippen molar-refractivity contribution < 1.29 is 14.0 Å². The standard InChI is InChI=1S/C13H15ClN2O3/c1-7(15)11-6-9(16-19-11)8-4-5-10(17-2)13(18-3)12(8)14/h4-7H,15H2,1-3H3. The van der Waals surface area contributed by atoms with Crippen LogP contribution >= 0.6 is 11.6 Å². The molecule has 6 heteroatoms. The quantitative estimate of drug-likeness (QED) is 0.933. The Hall–Kier alpha value is -1.72. The van der Waals surface area contributed by atoms with E-state index in [-0.39, 0.29) is 6.04 Å². The van der Waals surface area contributed by atoms with E-state index in [1.165, 1.54) is 7.11 Å². The highest BCUT2D eigenvalue weighted by Gasteiger charge is 2.17. The molecule has 0 fully saturated rings. The van der Waals surface area contributed by atoms with E-state index in [1.54, 1.807) is 25.3 Å². The van der Waals surface area contributed by atoms with Gasteiger partial charge in [-0.05, 0) is 19.1 Å². The topological polar surface area (TPSA) is 70.5 Å². The van der Waals surface area contributed by atoms with Gasteiger partial charge in [0.05, 0.1) is 25.3 Å². The largest absolute Gasteiger partial charge is 0.493 e. The van der Waals surface area contributed by atoms with Gasteiger partial charge in [-0.15, -0.1) is 0 Å². The van der Waals surface area contributed by atoms with E-state index in [0.29, 0.717) is 33.5 Å². The third kappa shape index (κ3) is 2.52. The number of aromatic nitrogens is 1. The maximum absolute atomic E-state index is 6.30. The van der Waals surface area contributed by atoms with Crippen LogP contribution in [-0.2, 0) is 0 Å². The van der Waals surface area contributed by atoms with Gasteiger partial charge in [0.2, 0.25) is 0 Å². The van der Waals surface area contributed by atoms with E-state index in [0.717, 1.165) is 0 Å². The fourth-order valence-corrected chi connectivity index (χ4v) is 2.05. The van der Waals surface area contributed by atoms with Gasteiger partial charge in [0.1, 0.15) is 5.69 Å². The molecule has 0 aliphatic heterocycles. The van der Waals surface area contributed by atoms with Crippen molar-refractivity contribution >= 4 is 11.6 Å². The van der Waals surface area contributed by atoms with Crippen LogP contribution in [0.25, 0.3) is 11.3 Å². The highest BCUT2D eigenvalue weighted by atomic mass is 35.5. The fourth-order valence-electron chi connectivity index (χ4n) is 1.72. The van der Waals surface area contributed by atoms with Crippen molar-refractivity contribution in [3.63, 3.8) is 0 Å². The first-order valence-electron chi connectivity index (χ1n) is 5.71. The van der Waals surface area contributed by atoms with E-state index >= 15 is 0 Å². The number of hydrogen-bond acceptors (Lipinski definition) is 5. The predicted molar refractivity (Wildman–Crippen MR) is 72.7 cm³/mol. The zero-order chi connectivity index (χ0) is 14.0. The Balaban J connectivity index is 2.50. The molecule has 5 nitrogen and oxygen atoms in total. The highest BCUT2D eigenvalue weighted by Crippen LogP contribution is 2.41. The van der Waals surface area contributed by atoms with Gasteiger partial charge in [0.25, 0.3) is 0 Å². The molecule has 1 aromatic heterocycles. The van der Waals surface area contributed by atoms with Crippen LogP contribution in [-0.4, -0.2) is 19.4 Å². The van der Waals surface area contributed by atoms with Crippen LogP contribution in [0.4, 0.5) is 0 Å². The molecule has 0 amide bonds. The first-order valence-corrected chi connectivity index (χ1v) is 6.09. The maximum Gasteiger partial charge on any atom is 0.180 e. The Morgan fingerprint density at radius 3 is 2.58 bits per heavy atom. The van der Waals surface area contributed by atoms with Crippen LogP contribution < -0.4 is 15.2 Å². The molecule has 0 aliphatic rings. The van der Waals surface area contributed by atoms with E-state index < -0.39 is 0 Å². The third-order valence-electron chi connectivity index (χ3n) is 2.74.